The zero-order chi connectivity index (χ0) is 19.3. The normalized spacial score (nSPS) is 18.1. The molecular weight excluding hydrogens is 346 g/mol. The maximum absolute atomic E-state index is 12.9. The van der Waals surface area contributed by atoms with Crippen LogP contribution in [0.25, 0.3) is 0 Å². The van der Waals surface area contributed by atoms with Crippen molar-refractivity contribution in [2.45, 2.75) is 19.3 Å². The van der Waals surface area contributed by atoms with E-state index >= 15 is 0 Å². The van der Waals surface area contributed by atoms with E-state index in [0.29, 0.717) is 39.1 Å². The van der Waals surface area contributed by atoms with Crippen LogP contribution >= 0.6 is 0 Å². The molecule has 1 aromatic carbocycles. The van der Waals surface area contributed by atoms with E-state index in [-0.39, 0.29) is 11.8 Å². The first-order valence-corrected chi connectivity index (χ1v) is 9.56. The Balaban J connectivity index is 1.51. The predicted molar refractivity (Wildman–Crippen MR) is 103 cm³/mol. The van der Waals surface area contributed by atoms with Crippen molar-refractivity contribution in [2.75, 3.05) is 58.5 Å². The van der Waals surface area contributed by atoms with Crippen molar-refractivity contribution >= 4 is 17.5 Å². The summed E-state index contributed by atoms with van der Waals surface area (Å²) >= 11 is 0. The van der Waals surface area contributed by atoms with Crippen LogP contribution in [0.15, 0.2) is 24.3 Å². The molecule has 1 heterocycles. The van der Waals surface area contributed by atoms with Gasteiger partial charge in [-0.1, -0.05) is 0 Å². The Kier molecular flexibility index (Phi) is 6.21. The standard InChI is InChI=1S/C20H29N3O4/c1-26-15-3-10-21-18(24)20(8-9-20)19(25)23-13-11-22(12-14-23)16-4-6-17(27-2)7-5-16/h4-7H,3,8-15H2,1-2H3,(H,21,24). The second-order valence-corrected chi connectivity index (χ2v) is 7.16. The van der Waals surface area contributed by atoms with Crippen LogP contribution in [0.1, 0.15) is 19.3 Å². The molecule has 1 aromatic rings. The van der Waals surface area contributed by atoms with Gasteiger partial charge in [0.15, 0.2) is 0 Å². The molecule has 0 spiro atoms. The third-order valence-electron chi connectivity index (χ3n) is 5.41. The van der Waals surface area contributed by atoms with Crippen LogP contribution in [0.5, 0.6) is 5.75 Å². The first-order chi connectivity index (χ1) is 13.1. The van der Waals surface area contributed by atoms with Crippen molar-refractivity contribution < 1.29 is 19.1 Å². The zero-order valence-electron chi connectivity index (χ0n) is 16.2. The van der Waals surface area contributed by atoms with Crippen LogP contribution in [0.2, 0.25) is 0 Å². The number of nitrogens with one attached hydrogen (secondary N) is 1. The van der Waals surface area contributed by atoms with Crippen molar-refractivity contribution in [1.82, 2.24) is 10.2 Å². The lowest BCUT2D eigenvalue weighted by molar-refractivity contribution is -0.144. The second kappa shape index (κ2) is 8.61. The van der Waals surface area contributed by atoms with E-state index < -0.39 is 5.41 Å². The van der Waals surface area contributed by atoms with Crippen LogP contribution < -0.4 is 15.0 Å². The minimum atomic E-state index is -0.824. The molecule has 1 saturated heterocycles. The third kappa shape index (κ3) is 4.35. The molecule has 1 N–H and O–H groups in total. The summed E-state index contributed by atoms with van der Waals surface area (Å²) in [5, 5.41) is 2.90. The number of methoxy groups -OCH3 is 2. The average molecular weight is 375 g/mol. The quantitative estimate of drug-likeness (QED) is 0.547. The lowest BCUT2D eigenvalue weighted by Gasteiger charge is -2.37. The highest BCUT2D eigenvalue weighted by molar-refractivity contribution is 6.07. The maximum Gasteiger partial charge on any atom is 0.238 e. The molecule has 1 saturated carbocycles. The predicted octanol–water partition coefficient (Wildman–Crippen LogP) is 1.28. The number of anilines is 1. The van der Waals surface area contributed by atoms with Gasteiger partial charge in [-0.25, -0.2) is 0 Å². The van der Waals surface area contributed by atoms with Gasteiger partial charge in [0.1, 0.15) is 11.2 Å². The number of hydrogen-bond donors (Lipinski definition) is 1. The highest BCUT2D eigenvalue weighted by Gasteiger charge is 2.58. The molecule has 1 aliphatic carbocycles. The molecule has 2 fully saturated rings. The summed E-state index contributed by atoms with van der Waals surface area (Å²) in [5.74, 6) is 0.696. The summed E-state index contributed by atoms with van der Waals surface area (Å²) < 4.78 is 10.2. The Morgan fingerprint density at radius 3 is 2.30 bits per heavy atom. The second-order valence-electron chi connectivity index (χ2n) is 7.16. The summed E-state index contributed by atoms with van der Waals surface area (Å²) in [6.45, 7) is 3.97. The van der Waals surface area contributed by atoms with Crippen molar-refractivity contribution in [2.24, 2.45) is 5.41 Å². The van der Waals surface area contributed by atoms with Gasteiger partial charge in [0, 0.05) is 52.1 Å². The molecule has 0 unspecified atom stereocenters. The van der Waals surface area contributed by atoms with Gasteiger partial charge in [0.2, 0.25) is 11.8 Å². The average Bonchev–Trinajstić information content (AvgIpc) is 3.53. The molecule has 2 aliphatic rings. The van der Waals surface area contributed by atoms with Crippen molar-refractivity contribution in [3.8, 4) is 5.75 Å². The molecule has 0 aromatic heterocycles. The van der Waals surface area contributed by atoms with Crippen LogP contribution in [-0.4, -0.2) is 70.3 Å². The van der Waals surface area contributed by atoms with E-state index in [0.717, 1.165) is 30.9 Å². The number of amides is 2. The molecule has 27 heavy (non-hydrogen) atoms. The maximum atomic E-state index is 12.9. The Bertz CT molecular complexity index is 650. The molecule has 2 amide bonds. The minimum Gasteiger partial charge on any atom is -0.497 e. The number of hydrogen-bond acceptors (Lipinski definition) is 5. The summed E-state index contributed by atoms with van der Waals surface area (Å²) in [5.41, 5.74) is 0.301. The van der Waals surface area contributed by atoms with Gasteiger partial charge in [0.05, 0.1) is 7.11 Å². The number of rotatable bonds is 8. The highest BCUT2D eigenvalue weighted by Crippen LogP contribution is 2.47. The summed E-state index contributed by atoms with van der Waals surface area (Å²) in [6.07, 6.45) is 2.06. The fourth-order valence-electron chi connectivity index (χ4n) is 3.51. The Hall–Kier alpha value is -2.28. The number of piperazine rings is 1. The van der Waals surface area contributed by atoms with Gasteiger partial charge >= 0.3 is 0 Å². The molecule has 3 rings (SSSR count). The molecule has 7 nitrogen and oxygen atoms in total. The van der Waals surface area contributed by atoms with Gasteiger partial charge in [-0.05, 0) is 43.5 Å². The SMILES string of the molecule is COCCCNC(=O)C1(C(=O)N2CCN(c3ccc(OC)cc3)CC2)CC1. The van der Waals surface area contributed by atoms with Crippen LogP contribution in [0.3, 0.4) is 0 Å². The van der Waals surface area contributed by atoms with Gasteiger partial charge < -0.3 is 24.6 Å². The summed E-state index contributed by atoms with van der Waals surface area (Å²) in [7, 11) is 3.29. The number of carbonyl (C=O) groups is 2. The molecule has 0 bridgehead atoms. The molecule has 0 radical (unpaired) electrons. The van der Waals surface area contributed by atoms with Gasteiger partial charge in [-0.3, -0.25) is 9.59 Å². The summed E-state index contributed by atoms with van der Waals surface area (Å²) in [6, 6.07) is 7.96. The largest absolute Gasteiger partial charge is 0.497 e. The lowest BCUT2D eigenvalue weighted by Crippen LogP contribution is -2.53. The Morgan fingerprint density at radius 1 is 1.07 bits per heavy atom. The number of ether oxygens (including phenoxy) is 2. The molecule has 1 aliphatic heterocycles. The highest BCUT2D eigenvalue weighted by atomic mass is 16.5. The van der Waals surface area contributed by atoms with Crippen LogP contribution in [0, 0.1) is 5.41 Å². The minimum absolute atomic E-state index is 0.0128. The van der Waals surface area contributed by atoms with E-state index in [1.165, 1.54) is 0 Å². The zero-order valence-corrected chi connectivity index (χ0v) is 16.2. The molecular formula is C20H29N3O4. The molecule has 0 atom stereocenters. The molecule has 148 valence electrons. The van der Waals surface area contributed by atoms with Gasteiger partial charge in [0.25, 0.3) is 0 Å². The Morgan fingerprint density at radius 2 is 1.74 bits per heavy atom. The number of benzene rings is 1. The first-order valence-electron chi connectivity index (χ1n) is 9.56. The van der Waals surface area contributed by atoms with Gasteiger partial charge in [-0.2, -0.15) is 0 Å². The number of nitrogens with zero attached hydrogens (tertiary/aromatic N) is 2. The number of carbonyl (C=O) groups excluding carboxylic acids is 2. The van der Waals surface area contributed by atoms with Crippen molar-refractivity contribution in [3.63, 3.8) is 0 Å². The summed E-state index contributed by atoms with van der Waals surface area (Å²) in [4.78, 5) is 29.6. The van der Waals surface area contributed by atoms with E-state index in [4.69, 9.17) is 9.47 Å². The van der Waals surface area contributed by atoms with Crippen molar-refractivity contribution in [1.29, 1.82) is 0 Å². The van der Waals surface area contributed by atoms with Crippen LogP contribution in [0.4, 0.5) is 5.69 Å². The third-order valence-corrected chi connectivity index (χ3v) is 5.41. The topological polar surface area (TPSA) is 71.1 Å². The Labute approximate surface area is 160 Å². The fraction of sp³-hybridized carbons (Fsp3) is 0.600. The van der Waals surface area contributed by atoms with E-state index in [1.54, 1.807) is 14.2 Å². The van der Waals surface area contributed by atoms with E-state index in [2.05, 4.69) is 10.2 Å². The first kappa shape index (κ1) is 19.5. The van der Waals surface area contributed by atoms with Crippen LogP contribution in [-0.2, 0) is 14.3 Å². The smallest absolute Gasteiger partial charge is 0.238 e. The van der Waals surface area contributed by atoms with E-state index in [1.807, 2.05) is 29.2 Å². The molecule has 7 heteroatoms. The monoisotopic (exact) mass is 375 g/mol. The van der Waals surface area contributed by atoms with E-state index in [9.17, 15) is 9.59 Å². The lowest BCUT2D eigenvalue weighted by atomic mass is 10.0. The fourth-order valence-corrected chi connectivity index (χ4v) is 3.51. The van der Waals surface area contributed by atoms with Crippen molar-refractivity contribution in [3.05, 3.63) is 24.3 Å². The van der Waals surface area contributed by atoms with Gasteiger partial charge in [-0.15, -0.1) is 0 Å².